The fraction of sp³-hybridized carbons (Fsp3) is 0.364. The minimum absolute atomic E-state index is 0.0896. The molecule has 140 valence electrons. The minimum Gasteiger partial charge on any atom is -0.368 e. The second-order valence-corrected chi connectivity index (χ2v) is 7.26. The summed E-state index contributed by atoms with van der Waals surface area (Å²) in [4.78, 5) is 16.8. The van der Waals surface area contributed by atoms with Crippen LogP contribution >= 0.6 is 0 Å². The number of anilines is 2. The van der Waals surface area contributed by atoms with Crippen LogP contribution in [-0.4, -0.2) is 37.1 Å². The zero-order valence-electron chi connectivity index (χ0n) is 16.2. The molecule has 0 saturated carbocycles. The number of carbonyl (C=O) groups excluding carboxylic acids is 1. The van der Waals surface area contributed by atoms with E-state index in [1.807, 2.05) is 4.90 Å². The molecule has 2 amide bonds. The first-order valence-electron chi connectivity index (χ1n) is 9.40. The third-order valence-corrected chi connectivity index (χ3v) is 5.04. The molecule has 5 nitrogen and oxygen atoms in total. The third kappa shape index (κ3) is 4.22. The summed E-state index contributed by atoms with van der Waals surface area (Å²) in [6.45, 7) is 9.63. The number of aryl methyl sites for hydroxylation is 1. The van der Waals surface area contributed by atoms with Crippen LogP contribution in [0.25, 0.3) is 0 Å². The average Bonchev–Trinajstić information content (AvgIpc) is 2.68. The van der Waals surface area contributed by atoms with Crippen molar-refractivity contribution < 1.29 is 4.79 Å². The van der Waals surface area contributed by atoms with E-state index in [0.29, 0.717) is 30.3 Å². The standard InChI is InChI=1S/C22H26N4O/c1-16(2)20-6-4-5-17(3)21(20)25-11-13-26(14-12-25)22(27)24-19-9-7-18(15-23)8-10-19/h4-10,16H,11-14H2,1-3H3,(H,24,27). The summed E-state index contributed by atoms with van der Waals surface area (Å²) in [6.07, 6.45) is 0. The maximum atomic E-state index is 12.5. The molecular weight excluding hydrogens is 336 g/mol. The van der Waals surface area contributed by atoms with E-state index in [1.165, 1.54) is 16.8 Å². The molecule has 0 aliphatic carbocycles. The molecule has 1 aliphatic rings. The molecule has 0 unspecified atom stereocenters. The Morgan fingerprint density at radius 2 is 1.74 bits per heavy atom. The number of amides is 2. The normalized spacial score (nSPS) is 14.2. The Bertz CT molecular complexity index is 844. The molecule has 3 rings (SSSR count). The third-order valence-electron chi connectivity index (χ3n) is 5.04. The minimum atomic E-state index is -0.0896. The molecule has 1 heterocycles. The molecule has 0 atom stereocenters. The van der Waals surface area contributed by atoms with E-state index in [0.717, 1.165) is 13.1 Å². The first kappa shape index (κ1) is 18.8. The lowest BCUT2D eigenvalue weighted by Gasteiger charge is -2.38. The first-order valence-corrected chi connectivity index (χ1v) is 9.40. The van der Waals surface area contributed by atoms with Crippen molar-refractivity contribution in [2.45, 2.75) is 26.7 Å². The second kappa shape index (κ2) is 8.13. The highest BCUT2D eigenvalue weighted by Crippen LogP contribution is 2.31. The van der Waals surface area contributed by atoms with Gasteiger partial charge in [0, 0.05) is 37.6 Å². The Hall–Kier alpha value is -3.00. The lowest BCUT2D eigenvalue weighted by atomic mass is 9.97. The van der Waals surface area contributed by atoms with Gasteiger partial charge in [-0.2, -0.15) is 5.26 Å². The van der Waals surface area contributed by atoms with Crippen LogP contribution in [0.2, 0.25) is 0 Å². The van der Waals surface area contributed by atoms with Crippen molar-refractivity contribution in [2.24, 2.45) is 0 Å². The molecule has 1 aliphatic heterocycles. The molecule has 2 aromatic rings. The van der Waals surface area contributed by atoms with Gasteiger partial charge in [-0.05, 0) is 48.2 Å². The molecule has 5 heteroatoms. The van der Waals surface area contributed by atoms with Gasteiger partial charge in [-0.25, -0.2) is 4.79 Å². The lowest BCUT2D eigenvalue weighted by Crippen LogP contribution is -2.50. The molecule has 0 radical (unpaired) electrons. The van der Waals surface area contributed by atoms with Crippen molar-refractivity contribution in [3.63, 3.8) is 0 Å². The summed E-state index contributed by atoms with van der Waals surface area (Å²) in [5, 5.41) is 11.8. The van der Waals surface area contributed by atoms with Crippen LogP contribution in [0.4, 0.5) is 16.2 Å². The predicted octanol–water partition coefficient (Wildman–Crippen LogP) is 4.34. The molecule has 1 N–H and O–H groups in total. The molecule has 0 spiro atoms. The van der Waals surface area contributed by atoms with Gasteiger partial charge in [-0.15, -0.1) is 0 Å². The molecule has 1 saturated heterocycles. The van der Waals surface area contributed by atoms with Gasteiger partial charge in [0.25, 0.3) is 0 Å². The summed E-state index contributed by atoms with van der Waals surface area (Å²) < 4.78 is 0. The van der Waals surface area contributed by atoms with E-state index < -0.39 is 0 Å². The van der Waals surface area contributed by atoms with E-state index in [9.17, 15) is 4.79 Å². The molecule has 2 aromatic carbocycles. The fourth-order valence-electron chi connectivity index (χ4n) is 3.54. The zero-order valence-corrected chi connectivity index (χ0v) is 16.2. The van der Waals surface area contributed by atoms with Crippen molar-refractivity contribution in [3.05, 3.63) is 59.2 Å². The number of para-hydroxylation sites is 1. The quantitative estimate of drug-likeness (QED) is 0.883. The average molecular weight is 362 g/mol. The number of nitrogens with zero attached hydrogens (tertiary/aromatic N) is 3. The number of piperazine rings is 1. The zero-order chi connectivity index (χ0) is 19.4. The lowest BCUT2D eigenvalue weighted by molar-refractivity contribution is 0.208. The van der Waals surface area contributed by atoms with Gasteiger partial charge in [0.15, 0.2) is 0 Å². The van der Waals surface area contributed by atoms with Crippen LogP contribution < -0.4 is 10.2 Å². The molecule has 0 bridgehead atoms. The van der Waals surface area contributed by atoms with Gasteiger partial charge in [0.2, 0.25) is 0 Å². The predicted molar refractivity (Wildman–Crippen MR) is 109 cm³/mol. The van der Waals surface area contributed by atoms with Gasteiger partial charge < -0.3 is 15.1 Å². The van der Waals surface area contributed by atoms with Crippen LogP contribution in [0, 0.1) is 18.3 Å². The van der Waals surface area contributed by atoms with Gasteiger partial charge >= 0.3 is 6.03 Å². The molecule has 1 fully saturated rings. The van der Waals surface area contributed by atoms with Crippen LogP contribution in [0.15, 0.2) is 42.5 Å². The number of urea groups is 1. The van der Waals surface area contributed by atoms with Crippen molar-refractivity contribution in [3.8, 4) is 6.07 Å². The summed E-state index contributed by atoms with van der Waals surface area (Å²) in [7, 11) is 0. The molecule has 0 aromatic heterocycles. The number of carbonyl (C=O) groups is 1. The van der Waals surface area contributed by atoms with E-state index in [-0.39, 0.29) is 6.03 Å². The number of hydrogen-bond acceptors (Lipinski definition) is 3. The van der Waals surface area contributed by atoms with Crippen LogP contribution in [0.3, 0.4) is 0 Å². The molecule has 27 heavy (non-hydrogen) atoms. The fourth-order valence-corrected chi connectivity index (χ4v) is 3.54. The van der Waals surface area contributed by atoms with E-state index in [4.69, 9.17) is 5.26 Å². The Balaban J connectivity index is 1.63. The number of nitriles is 1. The van der Waals surface area contributed by atoms with Gasteiger partial charge in [0.1, 0.15) is 0 Å². The van der Waals surface area contributed by atoms with Gasteiger partial charge in [-0.1, -0.05) is 32.0 Å². The molecular formula is C22H26N4O. The maximum absolute atomic E-state index is 12.5. The number of hydrogen-bond donors (Lipinski definition) is 1. The summed E-state index contributed by atoms with van der Waals surface area (Å²) >= 11 is 0. The Labute approximate surface area is 161 Å². The smallest absolute Gasteiger partial charge is 0.321 e. The van der Waals surface area contributed by atoms with Gasteiger partial charge in [-0.3, -0.25) is 0 Å². The highest BCUT2D eigenvalue weighted by molar-refractivity contribution is 5.89. The Morgan fingerprint density at radius 1 is 1.07 bits per heavy atom. The SMILES string of the molecule is Cc1cccc(C(C)C)c1N1CCN(C(=O)Nc2ccc(C#N)cc2)CC1. The highest BCUT2D eigenvalue weighted by atomic mass is 16.2. The van der Waals surface area contributed by atoms with Crippen LogP contribution in [0.5, 0.6) is 0 Å². The Morgan fingerprint density at radius 3 is 2.33 bits per heavy atom. The van der Waals surface area contributed by atoms with Crippen molar-refractivity contribution in [1.82, 2.24) is 4.90 Å². The summed E-state index contributed by atoms with van der Waals surface area (Å²) in [5.74, 6) is 0.470. The monoisotopic (exact) mass is 362 g/mol. The van der Waals surface area contributed by atoms with Crippen molar-refractivity contribution in [1.29, 1.82) is 5.26 Å². The van der Waals surface area contributed by atoms with Crippen molar-refractivity contribution in [2.75, 3.05) is 36.4 Å². The van der Waals surface area contributed by atoms with E-state index in [1.54, 1.807) is 24.3 Å². The maximum Gasteiger partial charge on any atom is 0.321 e. The number of nitrogens with one attached hydrogen (secondary N) is 1. The van der Waals surface area contributed by atoms with E-state index >= 15 is 0 Å². The van der Waals surface area contributed by atoms with Crippen LogP contribution in [0.1, 0.15) is 36.5 Å². The first-order chi connectivity index (χ1) is 13.0. The van der Waals surface area contributed by atoms with Crippen molar-refractivity contribution >= 4 is 17.4 Å². The Kier molecular flexibility index (Phi) is 5.66. The van der Waals surface area contributed by atoms with Gasteiger partial charge in [0.05, 0.1) is 11.6 Å². The second-order valence-electron chi connectivity index (χ2n) is 7.26. The summed E-state index contributed by atoms with van der Waals surface area (Å²) in [6, 6.07) is 15.4. The topological polar surface area (TPSA) is 59.4 Å². The van der Waals surface area contributed by atoms with Crippen LogP contribution in [-0.2, 0) is 0 Å². The van der Waals surface area contributed by atoms with E-state index in [2.05, 4.69) is 55.3 Å². The highest BCUT2D eigenvalue weighted by Gasteiger charge is 2.24. The number of benzene rings is 2. The largest absolute Gasteiger partial charge is 0.368 e. The summed E-state index contributed by atoms with van der Waals surface area (Å²) in [5.41, 5.74) is 5.27. The number of rotatable bonds is 3.